The third kappa shape index (κ3) is 3.38. The summed E-state index contributed by atoms with van der Waals surface area (Å²) in [5.74, 6) is -0.768. The van der Waals surface area contributed by atoms with Crippen molar-refractivity contribution in [3.05, 3.63) is 38.3 Å². The number of nitrogens with one attached hydrogen (secondary N) is 2. The summed E-state index contributed by atoms with van der Waals surface area (Å²) in [6.07, 6.45) is 0.144. The van der Waals surface area contributed by atoms with Gasteiger partial charge in [0.15, 0.2) is 0 Å². The highest BCUT2D eigenvalue weighted by Crippen LogP contribution is 2.07. The number of aromatic amines is 1. The standard InChI is InChI=1S/C9H11N3O5/c1-5(13)3-10-8(14)7-2-6(12(16)17)4-11-9(7)15/h2,4-5,13H,3H2,1H3,(H,10,14)(H,11,15)/t5-/m0/s1. The van der Waals surface area contributed by atoms with Crippen LogP contribution in [0.5, 0.6) is 0 Å². The van der Waals surface area contributed by atoms with Crippen LogP contribution in [0, 0.1) is 10.1 Å². The van der Waals surface area contributed by atoms with E-state index in [1.165, 1.54) is 6.92 Å². The molecular weight excluding hydrogens is 230 g/mol. The second-order valence-corrected chi connectivity index (χ2v) is 3.42. The molecule has 0 saturated heterocycles. The number of rotatable bonds is 4. The van der Waals surface area contributed by atoms with Crippen LogP contribution >= 0.6 is 0 Å². The quantitative estimate of drug-likeness (QED) is 0.479. The minimum atomic E-state index is -0.768. The van der Waals surface area contributed by atoms with Gasteiger partial charge in [0.25, 0.3) is 17.2 Å². The Morgan fingerprint density at radius 2 is 2.35 bits per heavy atom. The first kappa shape index (κ1) is 12.8. The van der Waals surface area contributed by atoms with E-state index in [0.717, 1.165) is 12.3 Å². The van der Waals surface area contributed by atoms with Gasteiger partial charge in [-0.1, -0.05) is 0 Å². The number of carbonyl (C=O) groups is 1. The Balaban J connectivity index is 2.96. The molecule has 0 bridgehead atoms. The van der Waals surface area contributed by atoms with Gasteiger partial charge >= 0.3 is 0 Å². The molecule has 17 heavy (non-hydrogen) atoms. The van der Waals surface area contributed by atoms with E-state index in [9.17, 15) is 19.7 Å². The molecule has 0 radical (unpaired) electrons. The third-order valence-electron chi connectivity index (χ3n) is 1.90. The molecule has 1 atom stereocenters. The molecular formula is C9H11N3O5. The predicted molar refractivity (Wildman–Crippen MR) is 57.7 cm³/mol. The van der Waals surface area contributed by atoms with Gasteiger partial charge < -0.3 is 15.4 Å². The number of hydrogen-bond acceptors (Lipinski definition) is 5. The highest BCUT2D eigenvalue weighted by molar-refractivity contribution is 5.94. The van der Waals surface area contributed by atoms with Gasteiger partial charge in [-0.2, -0.15) is 0 Å². The third-order valence-corrected chi connectivity index (χ3v) is 1.90. The molecule has 1 rings (SSSR count). The van der Waals surface area contributed by atoms with Crippen LogP contribution in [0.25, 0.3) is 0 Å². The van der Waals surface area contributed by atoms with Gasteiger partial charge in [-0.05, 0) is 6.92 Å². The second-order valence-electron chi connectivity index (χ2n) is 3.42. The molecule has 1 aromatic heterocycles. The molecule has 1 aromatic rings. The van der Waals surface area contributed by atoms with E-state index in [2.05, 4.69) is 10.3 Å². The van der Waals surface area contributed by atoms with E-state index in [1.54, 1.807) is 0 Å². The number of carbonyl (C=O) groups excluding carboxylic acids is 1. The lowest BCUT2D eigenvalue weighted by Crippen LogP contribution is -2.34. The smallest absolute Gasteiger partial charge is 0.286 e. The number of nitrogens with zero attached hydrogens (tertiary/aromatic N) is 1. The molecule has 0 saturated carbocycles. The minimum absolute atomic E-state index is 0.0407. The molecule has 92 valence electrons. The van der Waals surface area contributed by atoms with Crippen molar-refractivity contribution in [2.75, 3.05) is 6.54 Å². The van der Waals surface area contributed by atoms with Crippen LogP contribution in [-0.4, -0.2) is 33.6 Å². The van der Waals surface area contributed by atoms with E-state index >= 15 is 0 Å². The monoisotopic (exact) mass is 241 g/mol. The summed E-state index contributed by atoms with van der Waals surface area (Å²) in [7, 11) is 0. The number of nitro groups is 1. The molecule has 0 unspecified atom stereocenters. The number of H-pyrrole nitrogens is 1. The summed E-state index contributed by atoms with van der Waals surface area (Å²) in [6.45, 7) is 1.42. The van der Waals surface area contributed by atoms with Crippen LogP contribution in [0.1, 0.15) is 17.3 Å². The molecule has 0 spiro atoms. The first-order chi connectivity index (χ1) is 7.91. The molecule has 1 amide bonds. The Hall–Kier alpha value is -2.22. The predicted octanol–water partition coefficient (Wildman–Crippen LogP) is -0.606. The molecule has 0 aliphatic rings. The van der Waals surface area contributed by atoms with Gasteiger partial charge in [-0.25, -0.2) is 0 Å². The number of hydrogen-bond donors (Lipinski definition) is 3. The van der Waals surface area contributed by atoms with Gasteiger partial charge in [-0.15, -0.1) is 0 Å². The summed E-state index contributed by atoms with van der Waals surface area (Å²) in [4.78, 5) is 34.6. The van der Waals surface area contributed by atoms with Gasteiger partial charge in [0.1, 0.15) is 5.56 Å². The lowest BCUT2D eigenvalue weighted by Gasteiger charge is -2.06. The summed E-state index contributed by atoms with van der Waals surface area (Å²) in [5, 5.41) is 21.7. The van der Waals surface area contributed by atoms with Crippen molar-refractivity contribution >= 4 is 11.6 Å². The maximum absolute atomic E-state index is 11.5. The van der Waals surface area contributed by atoms with Crippen molar-refractivity contribution < 1.29 is 14.8 Å². The lowest BCUT2D eigenvalue weighted by molar-refractivity contribution is -0.385. The second kappa shape index (κ2) is 5.21. The number of aliphatic hydroxyl groups is 1. The number of aromatic nitrogens is 1. The van der Waals surface area contributed by atoms with Crippen LogP contribution in [-0.2, 0) is 0 Å². The molecule has 1 heterocycles. The lowest BCUT2D eigenvalue weighted by atomic mass is 10.2. The number of amides is 1. The normalized spacial score (nSPS) is 11.9. The average Bonchev–Trinajstić information content (AvgIpc) is 2.26. The molecule has 8 nitrogen and oxygen atoms in total. The fraction of sp³-hybridized carbons (Fsp3) is 0.333. The van der Waals surface area contributed by atoms with Crippen molar-refractivity contribution in [2.45, 2.75) is 13.0 Å². The average molecular weight is 241 g/mol. The van der Waals surface area contributed by atoms with Crippen molar-refractivity contribution in [1.29, 1.82) is 0 Å². The number of aliphatic hydroxyl groups excluding tert-OH is 1. The molecule has 3 N–H and O–H groups in total. The molecule has 8 heteroatoms. The first-order valence-electron chi connectivity index (χ1n) is 4.75. The Morgan fingerprint density at radius 1 is 1.71 bits per heavy atom. The van der Waals surface area contributed by atoms with Crippen molar-refractivity contribution in [1.82, 2.24) is 10.3 Å². The SMILES string of the molecule is C[C@H](O)CNC(=O)c1cc([N+](=O)[O-])c[nH]c1=O. The van der Waals surface area contributed by atoms with Gasteiger partial charge in [0.2, 0.25) is 0 Å². The largest absolute Gasteiger partial charge is 0.392 e. The van der Waals surface area contributed by atoms with Crippen LogP contribution in [0.15, 0.2) is 17.1 Å². The summed E-state index contributed by atoms with van der Waals surface area (Å²) in [5.41, 5.74) is -1.47. The highest BCUT2D eigenvalue weighted by atomic mass is 16.6. The van der Waals surface area contributed by atoms with Gasteiger partial charge in [-0.3, -0.25) is 19.7 Å². The molecule has 0 fully saturated rings. The Kier molecular flexibility index (Phi) is 3.94. The van der Waals surface area contributed by atoms with E-state index in [0.29, 0.717) is 0 Å². The van der Waals surface area contributed by atoms with E-state index in [1.807, 2.05) is 0 Å². The Labute approximate surface area is 95.4 Å². The minimum Gasteiger partial charge on any atom is -0.392 e. The zero-order valence-electron chi connectivity index (χ0n) is 8.97. The van der Waals surface area contributed by atoms with Crippen LogP contribution < -0.4 is 10.9 Å². The maximum Gasteiger partial charge on any atom is 0.286 e. The molecule has 0 aliphatic heterocycles. The fourth-order valence-electron chi connectivity index (χ4n) is 1.08. The van der Waals surface area contributed by atoms with Gasteiger partial charge in [0, 0.05) is 12.6 Å². The van der Waals surface area contributed by atoms with Crippen LogP contribution in [0.3, 0.4) is 0 Å². The fourth-order valence-corrected chi connectivity index (χ4v) is 1.08. The Morgan fingerprint density at radius 3 is 2.88 bits per heavy atom. The zero-order chi connectivity index (χ0) is 13.0. The van der Waals surface area contributed by atoms with Crippen LogP contribution in [0.2, 0.25) is 0 Å². The molecule has 0 aromatic carbocycles. The maximum atomic E-state index is 11.5. The number of pyridine rings is 1. The van der Waals surface area contributed by atoms with E-state index < -0.39 is 22.5 Å². The van der Waals surface area contributed by atoms with Crippen molar-refractivity contribution in [3.63, 3.8) is 0 Å². The summed E-state index contributed by atoms with van der Waals surface area (Å²) < 4.78 is 0. The highest BCUT2D eigenvalue weighted by Gasteiger charge is 2.15. The summed E-state index contributed by atoms with van der Waals surface area (Å²) in [6, 6.07) is 0.885. The Bertz CT molecular complexity index is 494. The zero-order valence-corrected chi connectivity index (χ0v) is 8.97. The molecule has 0 aliphatic carbocycles. The van der Waals surface area contributed by atoms with Gasteiger partial charge in [0.05, 0.1) is 17.2 Å². The van der Waals surface area contributed by atoms with E-state index in [4.69, 9.17) is 5.11 Å². The summed E-state index contributed by atoms with van der Waals surface area (Å²) >= 11 is 0. The van der Waals surface area contributed by atoms with E-state index in [-0.39, 0.29) is 17.8 Å². The van der Waals surface area contributed by atoms with Crippen molar-refractivity contribution in [2.24, 2.45) is 0 Å². The van der Waals surface area contributed by atoms with Crippen LogP contribution in [0.4, 0.5) is 5.69 Å². The topological polar surface area (TPSA) is 125 Å². The first-order valence-corrected chi connectivity index (χ1v) is 4.75. The van der Waals surface area contributed by atoms with Crippen molar-refractivity contribution in [3.8, 4) is 0 Å².